The van der Waals surface area contributed by atoms with E-state index < -0.39 is 0 Å². The van der Waals surface area contributed by atoms with Crippen molar-refractivity contribution >= 4 is 12.4 Å². The molecule has 0 amide bonds. The maximum Gasteiger partial charge on any atom is 0.126 e. The molecule has 4 heteroatoms. The molecule has 0 saturated heterocycles. The van der Waals surface area contributed by atoms with Gasteiger partial charge in [0.25, 0.3) is 0 Å². The fourth-order valence-electron chi connectivity index (χ4n) is 1.97. The van der Waals surface area contributed by atoms with E-state index in [-0.39, 0.29) is 24.0 Å². The number of hydrogen-bond donors (Lipinski definition) is 1. The van der Waals surface area contributed by atoms with E-state index in [2.05, 4.69) is 5.32 Å². The molecule has 0 aliphatic heterocycles. The average Bonchev–Trinajstić information content (AvgIpc) is 2.42. The maximum atomic E-state index is 13.3. The Bertz CT molecular complexity index is 484. The Labute approximate surface area is 124 Å². The van der Waals surface area contributed by atoms with E-state index in [0.717, 1.165) is 0 Å². The first-order chi connectivity index (χ1) is 9.27. The van der Waals surface area contributed by atoms with Crippen LogP contribution in [0.1, 0.15) is 11.1 Å². The van der Waals surface area contributed by atoms with Crippen LogP contribution in [0.15, 0.2) is 48.5 Å². The van der Waals surface area contributed by atoms with Crippen molar-refractivity contribution in [2.24, 2.45) is 0 Å². The number of nitrogens with one attached hydrogen (secondary N) is 1. The van der Waals surface area contributed by atoms with Crippen molar-refractivity contribution in [1.82, 2.24) is 5.32 Å². The van der Waals surface area contributed by atoms with Gasteiger partial charge in [0.2, 0.25) is 0 Å². The zero-order valence-electron chi connectivity index (χ0n) is 11.1. The van der Waals surface area contributed by atoms with Crippen LogP contribution in [0.2, 0.25) is 0 Å². The van der Waals surface area contributed by atoms with Crippen molar-refractivity contribution in [2.75, 3.05) is 13.1 Å². The van der Waals surface area contributed by atoms with Crippen molar-refractivity contribution < 1.29 is 8.78 Å². The van der Waals surface area contributed by atoms with Crippen LogP contribution in [0, 0.1) is 11.6 Å². The summed E-state index contributed by atoms with van der Waals surface area (Å²) in [5.74, 6) is -0.336. The van der Waals surface area contributed by atoms with Gasteiger partial charge in [-0.1, -0.05) is 36.4 Å². The van der Waals surface area contributed by atoms with Gasteiger partial charge >= 0.3 is 0 Å². The molecule has 0 aromatic heterocycles. The van der Waals surface area contributed by atoms with Crippen LogP contribution in [0.5, 0.6) is 0 Å². The highest BCUT2D eigenvalue weighted by atomic mass is 35.5. The predicted octanol–water partition coefficient (Wildman–Crippen LogP) is 3.76. The lowest BCUT2D eigenvalue weighted by molar-refractivity contribution is 0.587. The second kappa shape index (κ2) is 8.67. The molecular weight excluding hydrogens is 280 g/mol. The highest BCUT2D eigenvalue weighted by Gasteiger charge is 2.01. The fourth-order valence-corrected chi connectivity index (χ4v) is 1.97. The molecule has 1 N–H and O–H groups in total. The van der Waals surface area contributed by atoms with E-state index in [0.29, 0.717) is 37.1 Å². The van der Waals surface area contributed by atoms with E-state index in [9.17, 15) is 8.78 Å². The van der Waals surface area contributed by atoms with E-state index in [4.69, 9.17) is 0 Å². The van der Waals surface area contributed by atoms with Gasteiger partial charge < -0.3 is 5.32 Å². The molecule has 0 fully saturated rings. The van der Waals surface area contributed by atoms with Crippen molar-refractivity contribution in [3.8, 4) is 0 Å². The molecule has 0 spiro atoms. The van der Waals surface area contributed by atoms with Crippen LogP contribution in [-0.2, 0) is 12.8 Å². The van der Waals surface area contributed by atoms with Gasteiger partial charge in [0.15, 0.2) is 0 Å². The molecule has 1 nitrogen and oxygen atoms in total. The Hall–Kier alpha value is -1.45. The molecule has 0 saturated carbocycles. The zero-order chi connectivity index (χ0) is 13.5. The van der Waals surface area contributed by atoms with Crippen molar-refractivity contribution in [2.45, 2.75) is 12.8 Å². The summed E-state index contributed by atoms with van der Waals surface area (Å²) >= 11 is 0. The molecule has 2 aromatic carbocycles. The first-order valence-corrected chi connectivity index (χ1v) is 6.45. The Balaban J connectivity index is 0.00000200. The van der Waals surface area contributed by atoms with E-state index >= 15 is 0 Å². The van der Waals surface area contributed by atoms with Gasteiger partial charge in [-0.3, -0.25) is 0 Å². The molecule has 0 radical (unpaired) electrons. The molecule has 0 unspecified atom stereocenters. The largest absolute Gasteiger partial charge is 0.316 e. The standard InChI is InChI=1S/C16H17F2N.ClH/c17-15-7-3-1-5-13(15)9-11-19-12-10-14-6-2-4-8-16(14)18;/h1-8,19H,9-12H2;1H. The summed E-state index contributed by atoms with van der Waals surface area (Å²) in [4.78, 5) is 0. The van der Waals surface area contributed by atoms with Crippen molar-refractivity contribution in [3.63, 3.8) is 0 Å². The Morgan fingerprint density at radius 2 is 1.10 bits per heavy atom. The molecule has 20 heavy (non-hydrogen) atoms. The lowest BCUT2D eigenvalue weighted by Gasteiger charge is -2.06. The Morgan fingerprint density at radius 1 is 0.700 bits per heavy atom. The molecule has 2 aromatic rings. The number of rotatable bonds is 6. The van der Waals surface area contributed by atoms with Crippen LogP contribution in [-0.4, -0.2) is 13.1 Å². The lowest BCUT2D eigenvalue weighted by Crippen LogP contribution is -2.20. The van der Waals surface area contributed by atoms with Gasteiger partial charge in [0.1, 0.15) is 11.6 Å². The molecular formula is C16H18ClF2N. The van der Waals surface area contributed by atoms with Gasteiger partial charge in [-0.2, -0.15) is 0 Å². The van der Waals surface area contributed by atoms with Crippen LogP contribution in [0.3, 0.4) is 0 Å². The first-order valence-electron chi connectivity index (χ1n) is 6.45. The summed E-state index contributed by atoms with van der Waals surface area (Å²) in [5, 5.41) is 3.20. The van der Waals surface area contributed by atoms with Crippen LogP contribution in [0.25, 0.3) is 0 Å². The van der Waals surface area contributed by atoms with Gasteiger partial charge in [-0.15, -0.1) is 12.4 Å². The minimum absolute atomic E-state index is 0. The average molecular weight is 298 g/mol. The zero-order valence-corrected chi connectivity index (χ0v) is 11.9. The fraction of sp³-hybridized carbons (Fsp3) is 0.250. The lowest BCUT2D eigenvalue weighted by atomic mass is 10.1. The molecule has 0 heterocycles. The smallest absolute Gasteiger partial charge is 0.126 e. The van der Waals surface area contributed by atoms with Crippen LogP contribution >= 0.6 is 12.4 Å². The summed E-state index contributed by atoms with van der Waals surface area (Å²) in [5.41, 5.74) is 1.42. The minimum Gasteiger partial charge on any atom is -0.316 e. The highest BCUT2D eigenvalue weighted by molar-refractivity contribution is 5.85. The highest BCUT2D eigenvalue weighted by Crippen LogP contribution is 2.07. The Morgan fingerprint density at radius 3 is 1.50 bits per heavy atom. The number of benzene rings is 2. The number of hydrogen-bond acceptors (Lipinski definition) is 1. The first kappa shape index (κ1) is 16.6. The van der Waals surface area contributed by atoms with Gasteiger partial charge in [-0.05, 0) is 49.2 Å². The van der Waals surface area contributed by atoms with Gasteiger partial charge in [-0.25, -0.2) is 8.78 Å². The van der Waals surface area contributed by atoms with E-state index in [1.54, 1.807) is 24.3 Å². The second-order valence-electron chi connectivity index (χ2n) is 4.43. The van der Waals surface area contributed by atoms with E-state index in [1.807, 2.05) is 12.1 Å². The predicted molar refractivity (Wildman–Crippen MR) is 80.3 cm³/mol. The quantitative estimate of drug-likeness (QED) is 0.801. The molecule has 108 valence electrons. The van der Waals surface area contributed by atoms with Crippen molar-refractivity contribution in [3.05, 3.63) is 71.3 Å². The van der Waals surface area contributed by atoms with Crippen molar-refractivity contribution in [1.29, 1.82) is 0 Å². The third-order valence-corrected chi connectivity index (χ3v) is 3.06. The van der Waals surface area contributed by atoms with Gasteiger partial charge in [0, 0.05) is 0 Å². The molecule has 0 bridgehead atoms. The Kier molecular flexibility index (Phi) is 7.20. The van der Waals surface area contributed by atoms with Gasteiger partial charge in [0.05, 0.1) is 0 Å². The minimum atomic E-state index is -0.168. The number of halogens is 3. The van der Waals surface area contributed by atoms with Crippen LogP contribution < -0.4 is 5.32 Å². The van der Waals surface area contributed by atoms with Crippen LogP contribution in [0.4, 0.5) is 8.78 Å². The summed E-state index contributed by atoms with van der Waals surface area (Å²) in [6.07, 6.45) is 1.29. The normalized spacial score (nSPS) is 10.1. The molecule has 0 aliphatic carbocycles. The topological polar surface area (TPSA) is 12.0 Å². The molecule has 0 aliphatic rings. The molecule has 0 atom stereocenters. The SMILES string of the molecule is Cl.Fc1ccccc1CCNCCc1ccccc1F. The maximum absolute atomic E-state index is 13.3. The molecule has 2 rings (SSSR count). The summed E-state index contributed by atoms with van der Waals surface area (Å²) in [6.45, 7) is 1.38. The third-order valence-electron chi connectivity index (χ3n) is 3.06. The van der Waals surface area contributed by atoms with E-state index in [1.165, 1.54) is 12.1 Å². The monoisotopic (exact) mass is 297 g/mol. The summed E-state index contributed by atoms with van der Waals surface area (Å²) in [6, 6.07) is 13.5. The third kappa shape index (κ3) is 4.91. The summed E-state index contributed by atoms with van der Waals surface area (Å²) < 4.78 is 26.7. The summed E-state index contributed by atoms with van der Waals surface area (Å²) in [7, 11) is 0. The second-order valence-corrected chi connectivity index (χ2v) is 4.43.